The van der Waals surface area contributed by atoms with Crippen LogP contribution in [0.1, 0.15) is 6.92 Å². The Morgan fingerprint density at radius 1 is 1.57 bits per heavy atom. The van der Waals surface area contributed by atoms with Crippen LogP contribution in [0.3, 0.4) is 0 Å². The van der Waals surface area contributed by atoms with Crippen LogP contribution in [0, 0.1) is 6.57 Å². The molecule has 0 heterocycles. The van der Waals surface area contributed by atoms with Gasteiger partial charge in [0.2, 0.25) is 0 Å². The van der Waals surface area contributed by atoms with Crippen molar-refractivity contribution in [3.05, 3.63) is 11.4 Å². The molecule has 1 nitrogen and oxygen atoms in total. The van der Waals surface area contributed by atoms with Crippen LogP contribution in [0.5, 0.6) is 0 Å². The first-order valence-corrected chi connectivity index (χ1v) is 1.83. The number of hydrogen-bond donors (Lipinski definition) is 0. The molecule has 7 heavy (non-hydrogen) atoms. The Labute approximate surface area is 40.8 Å². The minimum absolute atomic E-state index is 1.14. The van der Waals surface area contributed by atoms with E-state index in [2.05, 4.69) is 4.85 Å². The number of nitrogens with zero attached hydrogens (tertiary/aromatic N) is 1. The molecule has 0 radical (unpaired) electrons. The van der Waals surface area contributed by atoms with Crippen LogP contribution in [0.25, 0.3) is 4.85 Å². The van der Waals surface area contributed by atoms with Gasteiger partial charge in [0, 0.05) is 6.92 Å². The molecule has 0 aromatic rings. The van der Waals surface area contributed by atoms with Crippen molar-refractivity contribution >= 4 is 0 Å². The lowest BCUT2D eigenvalue weighted by molar-refractivity contribution is 0.136. The average Bonchev–Trinajstić information content (AvgIpc) is 1.65. The average molecular weight is 105 g/mol. The Bertz CT molecular complexity index is 84.2. The van der Waals surface area contributed by atoms with Crippen molar-refractivity contribution in [2.75, 3.05) is 0 Å². The maximum absolute atomic E-state index is 11.2. The Balaban J connectivity index is 3.40. The van der Waals surface area contributed by atoms with E-state index in [0.29, 0.717) is 0 Å². The predicted octanol–water partition coefficient (Wildman–Crippen LogP) is 1.56. The van der Waals surface area contributed by atoms with Gasteiger partial charge in [0.05, 0.1) is 0 Å². The number of rotatable bonds is 1. The zero-order chi connectivity index (χ0) is 5.86. The van der Waals surface area contributed by atoms with Gasteiger partial charge in [-0.1, -0.05) is 0 Å². The first-order chi connectivity index (χ1) is 3.18. The molecule has 0 fully saturated rings. The van der Waals surface area contributed by atoms with E-state index in [4.69, 9.17) is 6.57 Å². The Morgan fingerprint density at radius 3 is 2.00 bits per heavy atom. The summed E-state index contributed by atoms with van der Waals surface area (Å²) in [5, 5.41) is 0. The molecule has 0 aliphatic heterocycles. The minimum atomic E-state index is -2.49. The maximum Gasteiger partial charge on any atom is 0.311 e. The molecule has 0 aromatic heterocycles. The quantitative estimate of drug-likeness (QED) is 0.446. The van der Waals surface area contributed by atoms with E-state index in [0.717, 1.165) is 0 Å². The van der Waals surface area contributed by atoms with Crippen LogP contribution >= 0.6 is 0 Å². The van der Waals surface area contributed by atoms with Crippen molar-refractivity contribution in [1.29, 1.82) is 0 Å². The lowest BCUT2D eigenvalue weighted by Gasteiger charge is -1.91. The van der Waals surface area contributed by atoms with Crippen LogP contribution in [-0.2, 0) is 0 Å². The topological polar surface area (TPSA) is 4.36 Å². The van der Waals surface area contributed by atoms with Gasteiger partial charge in [-0.25, -0.2) is 15.4 Å². The third-order valence-electron chi connectivity index (χ3n) is 0.568. The highest BCUT2D eigenvalue weighted by Gasteiger charge is 2.17. The highest BCUT2D eigenvalue weighted by atomic mass is 19.3. The highest BCUT2D eigenvalue weighted by Crippen LogP contribution is 2.02. The first kappa shape index (κ1) is 6.35. The molecule has 40 valence electrons. The van der Waals surface area contributed by atoms with Crippen molar-refractivity contribution < 1.29 is 8.78 Å². The van der Waals surface area contributed by atoms with Crippen molar-refractivity contribution in [3.63, 3.8) is 0 Å². The van der Waals surface area contributed by atoms with Crippen LogP contribution in [0.4, 0.5) is 8.78 Å². The SMILES string of the molecule is [C-]#[N+]C(C)C(F)F. The number of hydrogen-bond acceptors (Lipinski definition) is 0. The maximum atomic E-state index is 11.2. The van der Waals surface area contributed by atoms with E-state index in [9.17, 15) is 8.78 Å². The largest absolute Gasteiger partial charge is 0.311 e. The molecule has 0 saturated carbocycles. The zero-order valence-electron chi connectivity index (χ0n) is 3.86. The second-order valence-electron chi connectivity index (χ2n) is 1.20. The van der Waals surface area contributed by atoms with Crippen molar-refractivity contribution in [3.8, 4) is 0 Å². The smallest absolute Gasteiger partial charge is 0.308 e. The fraction of sp³-hybridized carbons (Fsp3) is 0.750. The number of alkyl halides is 2. The lowest BCUT2D eigenvalue weighted by atomic mass is 10.4. The molecular weight excluding hydrogens is 100 g/mol. The summed E-state index contributed by atoms with van der Waals surface area (Å²) in [7, 11) is 0. The van der Waals surface area contributed by atoms with E-state index >= 15 is 0 Å². The van der Waals surface area contributed by atoms with E-state index in [1.54, 1.807) is 0 Å². The Hall–Kier alpha value is -0.650. The van der Waals surface area contributed by atoms with Gasteiger partial charge in [0.1, 0.15) is 0 Å². The lowest BCUT2D eigenvalue weighted by Crippen LogP contribution is -2.06. The van der Waals surface area contributed by atoms with Crippen LogP contribution < -0.4 is 0 Å². The summed E-state index contributed by atoms with van der Waals surface area (Å²) in [5.74, 6) is 0. The standard InChI is InChI=1S/C4H5F2N/c1-3(7-2)4(5)6/h3-4H,1H3. The van der Waals surface area contributed by atoms with E-state index in [-0.39, 0.29) is 0 Å². The molecule has 0 rings (SSSR count). The van der Waals surface area contributed by atoms with Gasteiger partial charge in [-0.15, -0.1) is 0 Å². The van der Waals surface area contributed by atoms with Crippen molar-refractivity contribution in [2.45, 2.75) is 19.4 Å². The molecule has 0 amide bonds. The summed E-state index contributed by atoms with van der Waals surface area (Å²) < 4.78 is 22.4. The van der Waals surface area contributed by atoms with E-state index in [1.807, 2.05) is 0 Å². The van der Waals surface area contributed by atoms with Gasteiger partial charge in [0.25, 0.3) is 6.04 Å². The number of halogens is 2. The third-order valence-corrected chi connectivity index (χ3v) is 0.568. The van der Waals surface area contributed by atoms with E-state index < -0.39 is 12.5 Å². The molecule has 1 atom stereocenters. The van der Waals surface area contributed by atoms with Crippen LogP contribution in [0.2, 0.25) is 0 Å². The van der Waals surface area contributed by atoms with Crippen LogP contribution in [-0.4, -0.2) is 12.5 Å². The van der Waals surface area contributed by atoms with Gasteiger partial charge >= 0.3 is 6.43 Å². The van der Waals surface area contributed by atoms with Gasteiger partial charge in [-0.2, -0.15) is 0 Å². The van der Waals surface area contributed by atoms with Crippen LogP contribution in [0.15, 0.2) is 0 Å². The van der Waals surface area contributed by atoms with Gasteiger partial charge in [-0.3, -0.25) is 0 Å². The fourth-order valence-corrected chi connectivity index (χ4v) is 0.0563. The molecule has 0 aliphatic carbocycles. The Morgan fingerprint density at radius 2 is 2.00 bits per heavy atom. The molecule has 0 aromatic carbocycles. The summed E-state index contributed by atoms with van der Waals surface area (Å²) in [5.41, 5.74) is 0. The molecule has 0 N–H and O–H groups in total. The summed E-state index contributed by atoms with van der Waals surface area (Å²) in [6.45, 7) is 7.28. The molecule has 0 saturated heterocycles. The molecule has 1 unspecified atom stereocenters. The summed E-state index contributed by atoms with van der Waals surface area (Å²) >= 11 is 0. The monoisotopic (exact) mass is 105 g/mol. The van der Waals surface area contributed by atoms with Gasteiger partial charge in [-0.05, 0) is 0 Å². The van der Waals surface area contributed by atoms with E-state index in [1.165, 1.54) is 6.92 Å². The summed E-state index contributed by atoms with van der Waals surface area (Å²) in [6.07, 6.45) is -2.49. The normalized spacial score (nSPS) is 13.6. The molecule has 0 bridgehead atoms. The second kappa shape index (κ2) is 2.51. The molecule has 0 spiro atoms. The summed E-state index contributed by atoms with van der Waals surface area (Å²) in [6, 6.07) is -1.14. The molecule has 3 heteroatoms. The highest BCUT2D eigenvalue weighted by molar-refractivity contribution is 4.74. The van der Waals surface area contributed by atoms with Crippen molar-refractivity contribution in [1.82, 2.24) is 0 Å². The summed E-state index contributed by atoms with van der Waals surface area (Å²) in [4.78, 5) is 2.59. The minimum Gasteiger partial charge on any atom is -0.308 e. The van der Waals surface area contributed by atoms with Gasteiger partial charge < -0.3 is 4.85 Å². The third kappa shape index (κ3) is 2.10. The predicted molar refractivity (Wildman–Crippen MR) is 22.1 cm³/mol. The fourth-order valence-electron chi connectivity index (χ4n) is 0.0563. The Kier molecular flexibility index (Phi) is 2.28. The van der Waals surface area contributed by atoms with Gasteiger partial charge in [0.15, 0.2) is 0 Å². The molecular formula is C4H5F2N. The zero-order valence-corrected chi connectivity index (χ0v) is 3.86. The first-order valence-electron chi connectivity index (χ1n) is 1.83. The molecule has 0 aliphatic rings. The van der Waals surface area contributed by atoms with Crippen molar-refractivity contribution in [2.24, 2.45) is 0 Å². The second-order valence-corrected chi connectivity index (χ2v) is 1.20.